The zero-order valence-electron chi connectivity index (χ0n) is 17.6. The standard InChI is InChI=1S/C22H29N3O5S/c1-29-13-11-24-31(27,28)21-9-7-19(8-10-21)22(26)23-15-20-17-25(12-14-30-20)16-18-5-3-2-4-6-18/h2-10,20,24H,11-17H2,1H3,(H,23,26). The molecule has 9 heteroatoms. The molecule has 2 aromatic rings. The summed E-state index contributed by atoms with van der Waals surface area (Å²) in [6.07, 6.45) is -0.0916. The molecule has 0 saturated carbocycles. The number of sulfonamides is 1. The first kappa shape index (κ1) is 23.4. The summed E-state index contributed by atoms with van der Waals surface area (Å²) in [6, 6.07) is 16.1. The molecule has 2 aromatic carbocycles. The van der Waals surface area contributed by atoms with Gasteiger partial charge in [-0.05, 0) is 29.8 Å². The molecule has 1 atom stereocenters. The van der Waals surface area contributed by atoms with E-state index >= 15 is 0 Å². The number of rotatable bonds is 10. The molecule has 1 amide bonds. The number of hydrogen-bond donors (Lipinski definition) is 2. The fourth-order valence-electron chi connectivity index (χ4n) is 3.34. The summed E-state index contributed by atoms with van der Waals surface area (Å²) in [5.74, 6) is -0.264. The number of nitrogens with one attached hydrogen (secondary N) is 2. The molecule has 1 saturated heterocycles. The topological polar surface area (TPSA) is 97.0 Å². The number of amides is 1. The van der Waals surface area contributed by atoms with Crippen molar-refractivity contribution in [2.75, 3.05) is 46.5 Å². The number of carbonyl (C=O) groups excluding carboxylic acids is 1. The molecule has 2 N–H and O–H groups in total. The van der Waals surface area contributed by atoms with Crippen molar-refractivity contribution in [2.45, 2.75) is 17.5 Å². The van der Waals surface area contributed by atoms with E-state index in [4.69, 9.17) is 9.47 Å². The van der Waals surface area contributed by atoms with Crippen molar-refractivity contribution in [1.29, 1.82) is 0 Å². The predicted molar refractivity (Wildman–Crippen MR) is 117 cm³/mol. The lowest BCUT2D eigenvalue weighted by Gasteiger charge is -2.33. The van der Waals surface area contributed by atoms with Crippen LogP contribution in [0, 0.1) is 0 Å². The molecule has 3 rings (SSSR count). The van der Waals surface area contributed by atoms with Crippen LogP contribution in [0.25, 0.3) is 0 Å². The number of benzene rings is 2. The van der Waals surface area contributed by atoms with Crippen molar-refractivity contribution >= 4 is 15.9 Å². The van der Waals surface area contributed by atoms with Crippen molar-refractivity contribution in [3.05, 3.63) is 65.7 Å². The van der Waals surface area contributed by atoms with Gasteiger partial charge in [0.1, 0.15) is 0 Å². The third kappa shape index (κ3) is 7.12. The number of hydrogen-bond acceptors (Lipinski definition) is 6. The first-order valence-corrected chi connectivity index (χ1v) is 11.7. The molecule has 0 spiro atoms. The van der Waals surface area contributed by atoms with Crippen LogP contribution < -0.4 is 10.0 Å². The minimum absolute atomic E-state index is 0.0916. The smallest absolute Gasteiger partial charge is 0.251 e. The Bertz CT molecular complexity index is 935. The summed E-state index contributed by atoms with van der Waals surface area (Å²) < 4.78 is 37.5. The highest BCUT2D eigenvalue weighted by Gasteiger charge is 2.21. The molecule has 0 aliphatic carbocycles. The molecule has 1 aliphatic rings. The Morgan fingerprint density at radius 3 is 2.61 bits per heavy atom. The van der Waals surface area contributed by atoms with Crippen LogP contribution in [0.5, 0.6) is 0 Å². The van der Waals surface area contributed by atoms with Crippen LogP contribution in [0.1, 0.15) is 15.9 Å². The molecular formula is C22H29N3O5S. The van der Waals surface area contributed by atoms with Gasteiger partial charge >= 0.3 is 0 Å². The monoisotopic (exact) mass is 447 g/mol. The molecule has 0 aromatic heterocycles. The van der Waals surface area contributed by atoms with E-state index in [2.05, 4.69) is 27.1 Å². The van der Waals surface area contributed by atoms with Crippen LogP contribution in [0.15, 0.2) is 59.5 Å². The predicted octanol–water partition coefficient (Wildman–Crippen LogP) is 1.24. The van der Waals surface area contributed by atoms with Gasteiger partial charge in [0.25, 0.3) is 5.91 Å². The maximum Gasteiger partial charge on any atom is 0.251 e. The molecule has 0 bridgehead atoms. The average Bonchev–Trinajstić information content (AvgIpc) is 2.78. The Morgan fingerprint density at radius 1 is 1.16 bits per heavy atom. The van der Waals surface area contributed by atoms with Crippen molar-refractivity contribution in [3.8, 4) is 0 Å². The van der Waals surface area contributed by atoms with E-state index in [1.54, 1.807) is 0 Å². The van der Waals surface area contributed by atoms with E-state index in [0.29, 0.717) is 18.7 Å². The summed E-state index contributed by atoms with van der Waals surface area (Å²) in [7, 11) is -2.12. The van der Waals surface area contributed by atoms with Gasteiger partial charge in [-0.3, -0.25) is 9.69 Å². The van der Waals surface area contributed by atoms with E-state index in [9.17, 15) is 13.2 Å². The summed E-state index contributed by atoms with van der Waals surface area (Å²) >= 11 is 0. The van der Waals surface area contributed by atoms with Crippen molar-refractivity contribution in [1.82, 2.24) is 14.9 Å². The summed E-state index contributed by atoms with van der Waals surface area (Å²) in [5.41, 5.74) is 1.65. The van der Waals surface area contributed by atoms with Crippen molar-refractivity contribution < 1.29 is 22.7 Å². The van der Waals surface area contributed by atoms with Crippen LogP contribution in [0.3, 0.4) is 0 Å². The van der Waals surface area contributed by atoms with Gasteiger partial charge in [-0.1, -0.05) is 30.3 Å². The van der Waals surface area contributed by atoms with Crippen molar-refractivity contribution in [2.24, 2.45) is 0 Å². The SMILES string of the molecule is COCCNS(=O)(=O)c1ccc(C(=O)NCC2CN(Cc3ccccc3)CCO2)cc1. The van der Waals surface area contributed by atoms with Gasteiger partial charge in [0.05, 0.1) is 24.2 Å². The lowest BCUT2D eigenvalue weighted by molar-refractivity contribution is -0.0292. The third-order valence-electron chi connectivity index (χ3n) is 4.99. The molecule has 1 unspecified atom stereocenters. The molecular weight excluding hydrogens is 418 g/mol. The second-order valence-corrected chi connectivity index (χ2v) is 9.11. The van der Waals surface area contributed by atoms with Gasteiger partial charge < -0.3 is 14.8 Å². The second kappa shape index (κ2) is 11.4. The first-order chi connectivity index (χ1) is 15.0. The van der Waals surface area contributed by atoms with Gasteiger partial charge in [0.15, 0.2) is 0 Å². The zero-order chi connectivity index (χ0) is 22.1. The highest BCUT2D eigenvalue weighted by atomic mass is 32.2. The molecule has 168 valence electrons. The zero-order valence-corrected chi connectivity index (χ0v) is 18.4. The number of carbonyl (C=O) groups is 1. The summed E-state index contributed by atoms with van der Waals surface area (Å²) in [4.78, 5) is 14.9. The van der Waals surface area contributed by atoms with E-state index < -0.39 is 10.0 Å². The Balaban J connectivity index is 1.49. The Kier molecular flexibility index (Phi) is 8.56. The number of methoxy groups -OCH3 is 1. The number of ether oxygens (including phenoxy) is 2. The van der Waals surface area contributed by atoms with Crippen LogP contribution in [-0.2, 0) is 26.0 Å². The third-order valence-corrected chi connectivity index (χ3v) is 6.46. The molecule has 0 radical (unpaired) electrons. The highest BCUT2D eigenvalue weighted by Crippen LogP contribution is 2.12. The second-order valence-electron chi connectivity index (χ2n) is 7.34. The van der Waals surface area contributed by atoms with Crippen LogP contribution in [0.4, 0.5) is 0 Å². The minimum atomic E-state index is -3.62. The molecule has 31 heavy (non-hydrogen) atoms. The Morgan fingerprint density at radius 2 is 1.90 bits per heavy atom. The lowest BCUT2D eigenvalue weighted by Crippen LogP contribution is -2.47. The molecule has 1 heterocycles. The fraction of sp³-hybridized carbons (Fsp3) is 0.409. The largest absolute Gasteiger partial charge is 0.383 e. The number of nitrogens with zero attached hydrogens (tertiary/aromatic N) is 1. The van der Waals surface area contributed by atoms with E-state index in [1.165, 1.54) is 36.9 Å². The van der Waals surface area contributed by atoms with Gasteiger partial charge in [0, 0.05) is 45.4 Å². The van der Waals surface area contributed by atoms with Crippen molar-refractivity contribution in [3.63, 3.8) is 0 Å². The lowest BCUT2D eigenvalue weighted by atomic mass is 10.2. The average molecular weight is 448 g/mol. The van der Waals surface area contributed by atoms with Crippen LogP contribution in [-0.4, -0.2) is 71.8 Å². The maximum absolute atomic E-state index is 12.5. The van der Waals surface area contributed by atoms with Gasteiger partial charge in [-0.2, -0.15) is 0 Å². The van der Waals surface area contributed by atoms with E-state index in [1.807, 2.05) is 18.2 Å². The quantitative estimate of drug-likeness (QED) is 0.532. The normalized spacial score (nSPS) is 17.4. The highest BCUT2D eigenvalue weighted by molar-refractivity contribution is 7.89. The van der Waals surface area contributed by atoms with E-state index in [0.717, 1.165) is 19.6 Å². The molecule has 8 nitrogen and oxygen atoms in total. The summed E-state index contributed by atoms with van der Waals surface area (Å²) in [5, 5.41) is 2.88. The number of morpholine rings is 1. The van der Waals surface area contributed by atoms with Gasteiger partial charge in [-0.15, -0.1) is 0 Å². The maximum atomic E-state index is 12.5. The van der Waals surface area contributed by atoms with E-state index in [-0.39, 0.29) is 30.1 Å². The molecule has 1 fully saturated rings. The minimum Gasteiger partial charge on any atom is -0.383 e. The Hall–Kier alpha value is -2.30. The fourth-order valence-corrected chi connectivity index (χ4v) is 4.36. The van der Waals surface area contributed by atoms with Gasteiger partial charge in [0.2, 0.25) is 10.0 Å². The first-order valence-electron chi connectivity index (χ1n) is 10.2. The summed E-state index contributed by atoms with van der Waals surface area (Å²) in [6.45, 7) is 3.92. The van der Waals surface area contributed by atoms with Crippen LogP contribution >= 0.6 is 0 Å². The molecule has 1 aliphatic heterocycles. The van der Waals surface area contributed by atoms with Crippen LogP contribution in [0.2, 0.25) is 0 Å². The van der Waals surface area contributed by atoms with Gasteiger partial charge in [-0.25, -0.2) is 13.1 Å². The Labute approximate surface area is 183 Å².